The lowest BCUT2D eigenvalue weighted by atomic mass is 10.1. The number of aromatic nitrogens is 2. The maximum Gasteiger partial charge on any atom is 0.230 e. The summed E-state index contributed by atoms with van der Waals surface area (Å²) in [5, 5.41) is 15.3. The molecule has 0 saturated heterocycles. The number of para-hydroxylation sites is 1. The molecule has 0 spiro atoms. The Balaban J connectivity index is 1.50. The number of carbonyl (C=O) groups is 1. The molecule has 0 saturated carbocycles. The number of rotatable bonds is 7. The summed E-state index contributed by atoms with van der Waals surface area (Å²) in [6.45, 7) is 4.02. The fourth-order valence-corrected chi connectivity index (χ4v) is 3.96. The van der Waals surface area contributed by atoms with E-state index in [1.54, 1.807) is 0 Å². The van der Waals surface area contributed by atoms with Gasteiger partial charge in [-0.05, 0) is 31.0 Å². The van der Waals surface area contributed by atoms with Gasteiger partial charge in [0.15, 0.2) is 4.34 Å². The molecule has 134 valence electrons. The van der Waals surface area contributed by atoms with Gasteiger partial charge in [0.25, 0.3) is 0 Å². The van der Waals surface area contributed by atoms with Crippen LogP contribution in [0, 0.1) is 6.92 Å². The Labute approximate surface area is 161 Å². The van der Waals surface area contributed by atoms with Gasteiger partial charge in [-0.3, -0.25) is 4.79 Å². The van der Waals surface area contributed by atoms with Gasteiger partial charge in [-0.25, -0.2) is 0 Å². The van der Waals surface area contributed by atoms with E-state index in [1.807, 2.05) is 68.4 Å². The van der Waals surface area contributed by atoms with Crippen LogP contribution in [0.4, 0.5) is 10.8 Å². The van der Waals surface area contributed by atoms with Crippen molar-refractivity contribution in [1.82, 2.24) is 15.5 Å². The number of aryl methyl sites for hydroxylation is 1. The molecule has 0 aliphatic carbocycles. The second-order valence-electron chi connectivity index (χ2n) is 5.80. The number of carbonyl (C=O) groups excluding carboxylic acids is 1. The van der Waals surface area contributed by atoms with Crippen LogP contribution in [-0.4, -0.2) is 21.9 Å². The van der Waals surface area contributed by atoms with Crippen LogP contribution in [0.3, 0.4) is 0 Å². The van der Waals surface area contributed by atoms with Crippen LogP contribution in [0.5, 0.6) is 0 Å². The minimum atomic E-state index is -0.0185. The third-order valence-corrected chi connectivity index (χ3v) is 5.77. The molecule has 1 amide bonds. The third-order valence-electron chi connectivity index (χ3n) is 3.80. The quantitative estimate of drug-likeness (QED) is 0.585. The Morgan fingerprint density at radius 2 is 1.85 bits per heavy atom. The van der Waals surface area contributed by atoms with Crippen molar-refractivity contribution in [3.05, 3.63) is 65.7 Å². The summed E-state index contributed by atoms with van der Waals surface area (Å²) in [6.07, 6.45) is 0. The molecule has 1 heterocycles. The van der Waals surface area contributed by atoms with Crippen LogP contribution in [0.15, 0.2) is 58.9 Å². The van der Waals surface area contributed by atoms with Crippen LogP contribution in [0.2, 0.25) is 0 Å². The van der Waals surface area contributed by atoms with Crippen LogP contribution in [0.1, 0.15) is 24.1 Å². The predicted octanol–water partition coefficient (Wildman–Crippen LogP) is 4.56. The van der Waals surface area contributed by atoms with Gasteiger partial charge in [-0.1, -0.05) is 71.6 Å². The zero-order valence-corrected chi connectivity index (χ0v) is 16.2. The number of hydrogen-bond donors (Lipinski definition) is 2. The van der Waals surface area contributed by atoms with Crippen LogP contribution in [-0.2, 0) is 4.79 Å². The van der Waals surface area contributed by atoms with E-state index in [1.165, 1.54) is 23.1 Å². The summed E-state index contributed by atoms with van der Waals surface area (Å²) in [4.78, 5) is 12.2. The van der Waals surface area contributed by atoms with Crippen molar-refractivity contribution >= 4 is 39.8 Å². The van der Waals surface area contributed by atoms with E-state index in [2.05, 4.69) is 20.8 Å². The van der Waals surface area contributed by atoms with Crippen LogP contribution < -0.4 is 10.6 Å². The van der Waals surface area contributed by atoms with E-state index < -0.39 is 0 Å². The first-order valence-electron chi connectivity index (χ1n) is 8.25. The highest BCUT2D eigenvalue weighted by Gasteiger charge is 2.12. The SMILES string of the molecule is Cc1ccccc1Nc1nnc(SCC(=O)NC(C)c2ccccc2)s1. The minimum Gasteiger partial charge on any atom is -0.349 e. The molecule has 2 aromatic carbocycles. The largest absolute Gasteiger partial charge is 0.349 e. The second kappa shape index (κ2) is 8.82. The number of nitrogens with zero attached hydrogens (tertiary/aromatic N) is 2. The number of thioether (sulfide) groups is 1. The molecule has 7 heteroatoms. The highest BCUT2D eigenvalue weighted by atomic mass is 32.2. The summed E-state index contributed by atoms with van der Waals surface area (Å²) in [7, 11) is 0. The van der Waals surface area contributed by atoms with E-state index in [4.69, 9.17) is 0 Å². The zero-order valence-electron chi connectivity index (χ0n) is 14.6. The predicted molar refractivity (Wildman–Crippen MR) is 108 cm³/mol. The number of nitrogens with one attached hydrogen (secondary N) is 2. The Hall–Kier alpha value is -2.38. The van der Waals surface area contributed by atoms with Gasteiger partial charge in [0.1, 0.15) is 0 Å². The van der Waals surface area contributed by atoms with Crippen LogP contribution >= 0.6 is 23.1 Å². The van der Waals surface area contributed by atoms with E-state index in [-0.39, 0.29) is 11.9 Å². The lowest BCUT2D eigenvalue weighted by molar-refractivity contribution is -0.119. The number of anilines is 2. The van der Waals surface area contributed by atoms with Crippen molar-refractivity contribution in [2.24, 2.45) is 0 Å². The Morgan fingerprint density at radius 3 is 2.62 bits per heavy atom. The Bertz CT molecular complexity index is 867. The first kappa shape index (κ1) is 18.4. The fourth-order valence-electron chi connectivity index (χ4n) is 2.38. The average molecular weight is 385 g/mol. The van der Waals surface area contributed by atoms with Crippen molar-refractivity contribution in [3.63, 3.8) is 0 Å². The van der Waals surface area contributed by atoms with E-state index >= 15 is 0 Å². The first-order valence-corrected chi connectivity index (χ1v) is 10.1. The summed E-state index contributed by atoms with van der Waals surface area (Å²) in [6, 6.07) is 17.9. The van der Waals surface area contributed by atoms with Crippen molar-refractivity contribution in [2.75, 3.05) is 11.1 Å². The molecular weight excluding hydrogens is 364 g/mol. The maximum absolute atomic E-state index is 12.2. The van der Waals surface area contributed by atoms with E-state index in [9.17, 15) is 4.79 Å². The number of hydrogen-bond acceptors (Lipinski definition) is 6. The van der Waals surface area contributed by atoms with Crippen molar-refractivity contribution in [1.29, 1.82) is 0 Å². The molecule has 5 nitrogen and oxygen atoms in total. The molecule has 3 aromatic rings. The molecule has 1 aromatic heterocycles. The molecule has 26 heavy (non-hydrogen) atoms. The summed E-state index contributed by atoms with van der Waals surface area (Å²) in [5.41, 5.74) is 3.24. The van der Waals surface area contributed by atoms with Crippen molar-refractivity contribution in [3.8, 4) is 0 Å². The molecule has 2 N–H and O–H groups in total. The highest BCUT2D eigenvalue weighted by Crippen LogP contribution is 2.28. The van der Waals surface area contributed by atoms with E-state index in [0.29, 0.717) is 5.75 Å². The Kier molecular flexibility index (Phi) is 6.25. The van der Waals surface area contributed by atoms with Gasteiger partial charge in [0, 0.05) is 5.69 Å². The van der Waals surface area contributed by atoms with Gasteiger partial charge in [0.2, 0.25) is 11.0 Å². The standard InChI is InChI=1S/C19H20N4OS2/c1-13-8-6-7-11-16(13)21-18-22-23-19(26-18)25-12-17(24)20-14(2)15-9-4-3-5-10-15/h3-11,14H,12H2,1-2H3,(H,20,24)(H,21,22). The van der Waals surface area contributed by atoms with Gasteiger partial charge < -0.3 is 10.6 Å². The van der Waals surface area contributed by atoms with Gasteiger partial charge in [-0.2, -0.15) is 0 Å². The smallest absolute Gasteiger partial charge is 0.230 e. The lowest BCUT2D eigenvalue weighted by Gasteiger charge is -2.13. The van der Waals surface area contributed by atoms with Crippen molar-refractivity contribution in [2.45, 2.75) is 24.2 Å². The molecule has 1 unspecified atom stereocenters. The highest BCUT2D eigenvalue weighted by molar-refractivity contribution is 8.01. The van der Waals surface area contributed by atoms with Crippen molar-refractivity contribution < 1.29 is 4.79 Å². The van der Waals surface area contributed by atoms with E-state index in [0.717, 1.165) is 26.3 Å². The minimum absolute atomic E-state index is 0.0167. The normalized spacial score (nSPS) is 11.8. The molecule has 0 bridgehead atoms. The van der Waals surface area contributed by atoms with Gasteiger partial charge in [0.05, 0.1) is 11.8 Å². The fraction of sp³-hybridized carbons (Fsp3) is 0.211. The molecule has 0 radical (unpaired) electrons. The summed E-state index contributed by atoms with van der Waals surface area (Å²) >= 11 is 2.84. The van der Waals surface area contributed by atoms with Crippen LogP contribution in [0.25, 0.3) is 0 Å². The molecular formula is C19H20N4OS2. The topological polar surface area (TPSA) is 66.9 Å². The maximum atomic E-state index is 12.2. The zero-order chi connectivity index (χ0) is 18.4. The molecule has 0 aliphatic rings. The summed E-state index contributed by atoms with van der Waals surface area (Å²) in [5.74, 6) is 0.297. The first-order chi connectivity index (χ1) is 12.6. The molecule has 1 atom stereocenters. The van der Waals surface area contributed by atoms with Gasteiger partial charge in [-0.15, -0.1) is 10.2 Å². The lowest BCUT2D eigenvalue weighted by Crippen LogP contribution is -2.28. The van der Waals surface area contributed by atoms with Gasteiger partial charge >= 0.3 is 0 Å². The molecule has 0 aliphatic heterocycles. The number of benzene rings is 2. The third kappa shape index (κ3) is 5.06. The second-order valence-corrected chi connectivity index (χ2v) is 8.00. The monoisotopic (exact) mass is 384 g/mol. The molecule has 3 rings (SSSR count). The number of amides is 1. The summed E-state index contributed by atoms with van der Waals surface area (Å²) < 4.78 is 0.767. The Morgan fingerprint density at radius 1 is 1.12 bits per heavy atom. The molecule has 0 fully saturated rings. The average Bonchev–Trinajstić information content (AvgIpc) is 3.10.